The molecule has 5 heteroatoms. The van der Waals surface area contributed by atoms with Gasteiger partial charge < -0.3 is 5.11 Å². The fraction of sp³-hybridized carbons (Fsp3) is 0.412. The highest BCUT2D eigenvalue weighted by Gasteiger charge is 2.06. The van der Waals surface area contributed by atoms with Crippen LogP contribution in [0.15, 0.2) is 52.5 Å². The second-order valence-corrected chi connectivity index (χ2v) is 6.76. The highest BCUT2D eigenvalue weighted by Crippen LogP contribution is 2.08. The Hall–Kier alpha value is -1.43. The third kappa shape index (κ3) is 10.3. The number of rotatable bonds is 5. The molecule has 124 valence electrons. The summed E-state index contributed by atoms with van der Waals surface area (Å²) in [6.07, 6.45) is 6.23. The van der Waals surface area contributed by atoms with E-state index in [0.29, 0.717) is 0 Å². The SMILES string of the molecule is CC(C)=CCC/C(C)=C/CO.Cc1ccc(S(=O)(=O)O)cc1. The molecule has 0 amide bonds. The molecule has 0 aliphatic carbocycles. The third-order valence-corrected chi connectivity index (χ3v) is 3.72. The van der Waals surface area contributed by atoms with Crippen molar-refractivity contribution in [3.8, 4) is 0 Å². The molecule has 2 N–H and O–H groups in total. The molecule has 0 spiro atoms. The van der Waals surface area contributed by atoms with Gasteiger partial charge >= 0.3 is 0 Å². The lowest BCUT2D eigenvalue weighted by Gasteiger charge is -1.96. The summed E-state index contributed by atoms with van der Waals surface area (Å²) < 4.78 is 29.6. The molecule has 0 heterocycles. The summed E-state index contributed by atoms with van der Waals surface area (Å²) in [6, 6.07) is 5.99. The van der Waals surface area contributed by atoms with E-state index in [9.17, 15) is 8.42 Å². The van der Waals surface area contributed by atoms with Gasteiger partial charge in [0.05, 0.1) is 11.5 Å². The van der Waals surface area contributed by atoms with Crippen LogP contribution in [0.4, 0.5) is 0 Å². The van der Waals surface area contributed by atoms with Crippen molar-refractivity contribution < 1.29 is 18.1 Å². The molecule has 0 aromatic heterocycles. The fourth-order valence-electron chi connectivity index (χ4n) is 1.56. The minimum atomic E-state index is -4.02. The summed E-state index contributed by atoms with van der Waals surface area (Å²) in [6.45, 7) is 8.26. The first-order valence-electron chi connectivity index (χ1n) is 7.11. The summed E-state index contributed by atoms with van der Waals surface area (Å²) in [7, 11) is -4.02. The molecule has 0 saturated carbocycles. The van der Waals surface area contributed by atoms with E-state index in [2.05, 4.69) is 26.8 Å². The molecule has 0 aliphatic rings. The van der Waals surface area contributed by atoms with Crippen molar-refractivity contribution in [1.29, 1.82) is 0 Å². The normalized spacial score (nSPS) is 11.5. The highest BCUT2D eigenvalue weighted by molar-refractivity contribution is 7.85. The molecule has 0 aliphatic heterocycles. The van der Waals surface area contributed by atoms with Crippen molar-refractivity contribution >= 4 is 10.1 Å². The van der Waals surface area contributed by atoms with Crippen molar-refractivity contribution in [2.24, 2.45) is 0 Å². The zero-order chi connectivity index (χ0) is 17.2. The zero-order valence-corrected chi connectivity index (χ0v) is 14.5. The molecule has 1 aromatic rings. The first kappa shape index (κ1) is 20.6. The number of hydrogen-bond acceptors (Lipinski definition) is 3. The number of aryl methyl sites for hydroxylation is 1. The minimum Gasteiger partial charge on any atom is -0.392 e. The average molecular weight is 326 g/mol. The lowest BCUT2D eigenvalue weighted by Crippen LogP contribution is -1.96. The molecule has 1 rings (SSSR count). The van der Waals surface area contributed by atoms with Gasteiger partial charge in [0.15, 0.2) is 0 Å². The first-order valence-corrected chi connectivity index (χ1v) is 8.55. The maximum Gasteiger partial charge on any atom is 0.294 e. The number of benzene rings is 1. The monoisotopic (exact) mass is 326 g/mol. The van der Waals surface area contributed by atoms with Crippen LogP contribution in [0.2, 0.25) is 0 Å². The van der Waals surface area contributed by atoms with E-state index >= 15 is 0 Å². The lowest BCUT2D eigenvalue weighted by molar-refractivity contribution is 0.341. The zero-order valence-electron chi connectivity index (χ0n) is 13.7. The molecule has 0 saturated heterocycles. The van der Waals surface area contributed by atoms with Crippen molar-refractivity contribution in [3.63, 3.8) is 0 Å². The van der Waals surface area contributed by atoms with Crippen LogP contribution in [0.1, 0.15) is 39.2 Å². The van der Waals surface area contributed by atoms with Crippen LogP contribution in [-0.4, -0.2) is 24.7 Å². The Morgan fingerprint density at radius 1 is 1.09 bits per heavy atom. The molecular weight excluding hydrogens is 300 g/mol. The molecular formula is C17H26O4S. The van der Waals surface area contributed by atoms with Crippen molar-refractivity contribution in [1.82, 2.24) is 0 Å². The van der Waals surface area contributed by atoms with Crippen molar-refractivity contribution in [3.05, 3.63) is 53.1 Å². The van der Waals surface area contributed by atoms with Crippen LogP contribution < -0.4 is 0 Å². The Morgan fingerprint density at radius 3 is 2.05 bits per heavy atom. The van der Waals surface area contributed by atoms with E-state index in [0.717, 1.165) is 18.4 Å². The topological polar surface area (TPSA) is 74.6 Å². The van der Waals surface area contributed by atoms with E-state index in [1.807, 2.05) is 13.0 Å². The molecule has 0 fully saturated rings. The maximum atomic E-state index is 10.5. The Bertz CT molecular complexity index is 592. The minimum absolute atomic E-state index is 0.0666. The van der Waals surface area contributed by atoms with Gasteiger partial charge in [0.1, 0.15) is 0 Å². The number of aliphatic hydroxyl groups is 1. The van der Waals surface area contributed by atoms with Crippen molar-refractivity contribution in [2.45, 2.75) is 45.4 Å². The Kier molecular flexibility index (Phi) is 9.65. The van der Waals surface area contributed by atoms with Crippen LogP contribution in [0.3, 0.4) is 0 Å². The van der Waals surface area contributed by atoms with E-state index in [4.69, 9.17) is 9.66 Å². The van der Waals surface area contributed by atoms with E-state index in [-0.39, 0.29) is 11.5 Å². The van der Waals surface area contributed by atoms with Crippen LogP contribution in [-0.2, 0) is 10.1 Å². The molecule has 0 atom stereocenters. The summed E-state index contributed by atoms with van der Waals surface area (Å²) in [5, 5.41) is 8.55. The van der Waals surface area contributed by atoms with Gasteiger partial charge in [0.25, 0.3) is 10.1 Å². The molecule has 0 radical (unpaired) electrons. The van der Waals surface area contributed by atoms with E-state index in [1.54, 1.807) is 12.1 Å². The smallest absolute Gasteiger partial charge is 0.294 e. The van der Waals surface area contributed by atoms with Gasteiger partial charge in [-0.3, -0.25) is 4.55 Å². The van der Waals surface area contributed by atoms with E-state index < -0.39 is 10.1 Å². The quantitative estimate of drug-likeness (QED) is 0.635. The van der Waals surface area contributed by atoms with Gasteiger partial charge in [0.2, 0.25) is 0 Å². The first-order chi connectivity index (χ1) is 10.2. The van der Waals surface area contributed by atoms with Crippen LogP contribution >= 0.6 is 0 Å². The third-order valence-electron chi connectivity index (χ3n) is 2.85. The number of hydrogen-bond donors (Lipinski definition) is 2. The summed E-state index contributed by atoms with van der Waals surface area (Å²) in [4.78, 5) is -0.0666. The highest BCUT2D eigenvalue weighted by atomic mass is 32.2. The van der Waals surface area contributed by atoms with Gasteiger partial charge in [-0.1, -0.05) is 41.0 Å². The molecule has 22 heavy (non-hydrogen) atoms. The Morgan fingerprint density at radius 2 is 1.64 bits per heavy atom. The van der Waals surface area contributed by atoms with Gasteiger partial charge in [-0.15, -0.1) is 0 Å². The Balaban J connectivity index is 0.000000401. The summed E-state index contributed by atoms with van der Waals surface area (Å²) in [5.74, 6) is 0. The maximum absolute atomic E-state index is 10.5. The molecule has 0 bridgehead atoms. The van der Waals surface area contributed by atoms with Gasteiger partial charge in [-0.2, -0.15) is 8.42 Å². The molecule has 1 aromatic carbocycles. The Labute approximate surface area is 133 Å². The molecule has 4 nitrogen and oxygen atoms in total. The van der Waals surface area contributed by atoms with Crippen LogP contribution in [0.25, 0.3) is 0 Å². The predicted octanol–water partition coefficient (Wildman–Crippen LogP) is 3.91. The summed E-state index contributed by atoms with van der Waals surface area (Å²) >= 11 is 0. The fourth-order valence-corrected chi connectivity index (χ4v) is 2.04. The van der Waals surface area contributed by atoms with Crippen molar-refractivity contribution in [2.75, 3.05) is 6.61 Å². The van der Waals surface area contributed by atoms with Crippen LogP contribution in [0.5, 0.6) is 0 Å². The lowest BCUT2D eigenvalue weighted by atomic mass is 10.1. The van der Waals surface area contributed by atoms with Gasteiger partial charge in [-0.05, 0) is 52.7 Å². The largest absolute Gasteiger partial charge is 0.392 e. The van der Waals surface area contributed by atoms with Gasteiger partial charge in [0, 0.05) is 0 Å². The second kappa shape index (κ2) is 10.3. The van der Waals surface area contributed by atoms with Crippen LogP contribution in [0, 0.1) is 6.92 Å². The number of aliphatic hydroxyl groups excluding tert-OH is 1. The number of allylic oxidation sites excluding steroid dienone is 3. The average Bonchev–Trinajstić information content (AvgIpc) is 2.38. The standard InChI is InChI=1S/C10H18O.C7H8O3S/c1-9(2)5-4-6-10(3)7-8-11;1-6-2-4-7(5-3-6)11(8,9)10/h5,7,11H,4,6,8H2,1-3H3;2-5H,1H3,(H,8,9,10)/b10-7+;. The molecule has 0 unspecified atom stereocenters. The second-order valence-electron chi connectivity index (χ2n) is 5.34. The summed E-state index contributed by atoms with van der Waals surface area (Å²) in [5.41, 5.74) is 3.59. The van der Waals surface area contributed by atoms with E-state index in [1.165, 1.54) is 23.3 Å². The predicted molar refractivity (Wildman–Crippen MR) is 90.5 cm³/mol. The van der Waals surface area contributed by atoms with Gasteiger partial charge in [-0.25, -0.2) is 0 Å².